The maximum Gasteiger partial charge on any atom is 0.319 e. The SMILES string of the molecule is CN1CCC[C@H]1COc1nc(N2C[C@H]3CC[C@@H](C2)N3)c2ccc(Nc3n[nH]c4ccccc34)cc2n1. The molecule has 3 N–H and O–H groups in total. The number of anilines is 3. The minimum atomic E-state index is 0.420. The number of nitrogens with one attached hydrogen (secondary N) is 3. The molecule has 2 aromatic heterocycles. The van der Waals surface area contributed by atoms with Crippen LogP contribution in [0.1, 0.15) is 25.7 Å². The molecule has 0 unspecified atom stereocenters. The Morgan fingerprint density at radius 1 is 1.03 bits per heavy atom. The van der Waals surface area contributed by atoms with E-state index < -0.39 is 0 Å². The molecule has 9 heteroatoms. The summed E-state index contributed by atoms with van der Waals surface area (Å²) in [6.45, 7) is 3.67. The number of para-hydroxylation sites is 1. The van der Waals surface area contributed by atoms with Crippen LogP contribution < -0.4 is 20.3 Å². The van der Waals surface area contributed by atoms with Crippen molar-refractivity contribution in [3.05, 3.63) is 42.5 Å². The highest BCUT2D eigenvalue weighted by molar-refractivity contribution is 5.95. The van der Waals surface area contributed by atoms with E-state index in [0.29, 0.717) is 30.7 Å². The van der Waals surface area contributed by atoms with Crippen LogP contribution in [0, 0.1) is 0 Å². The average Bonchev–Trinajstić information content (AvgIpc) is 3.60. The number of likely N-dealkylation sites (N-methyl/N-ethyl adjacent to an activating group) is 1. The van der Waals surface area contributed by atoms with Crippen LogP contribution in [0.15, 0.2) is 42.5 Å². The first-order valence-corrected chi connectivity index (χ1v) is 13.1. The standard InChI is InChI=1S/C27H32N8O/c1-34-12-4-5-20(34)16-36-27-30-24-13-17(29-25-21-6-2-3-7-23(21)32-33-25)10-11-22(24)26(31-27)35-14-18-8-9-19(15-35)28-18/h2-3,6-7,10-11,13,18-20,28H,4-5,8-9,12,14-16H2,1H3,(H2,29,32,33)/t18-,19+,20-/m0/s1. The molecular formula is C27H32N8O. The van der Waals surface area contributed by atoms with E-state index in [4.69, 9.17) is 14.7 Å². The molecule has 5 heterocycles. The summed E-state index contributed by atoms with van der Waals surface area (Å²) in [7, 11) is 2.17. The predicted octanol–water partition coefficient (Wildman–Crippen LogP) is 3.66. The van der Waals surface area contributed by atoms with Crippen molar-refractivity contribution in [1.82, 2.24) is 30.4 Å². The van der Waals surface area contributed by atoms with E-state index >= 15 is 0 Å². The molecule has 0 radical (unpaired) electrons. The van der Waals surface area contributed by atoms with Crippen LogP contribution in [0.4, 0.5) is 17.3 Å². The van der Waals surface area contributed by atoms with E-state index in [0.717, 1.165) is 65.2 Å². The zero-order valence-electron chi connectivity index (χ0n) is 20.6. The first-order valence-electron chi connectivity index (χ1n) is 13.1. The van der Waals surface area contributed by atoms with E-state index in [1.54, 1.807) is 0 Å². The van der Waals surface area contributed by atoms with Crippen LogP contribution in [-0.2, 0) is 0 Å². The van der Waals surface area contributed by atoms with Crippen molar-refractivity contribution in [2.45, 2.75) is 43.8 Å². The molecule has 0 aliphatic carbocycles. The second kappa shape index (κ2) is 8.90. The number of rotatable bonds is 6. The van der Waals surface area contributed by atoms with Gasteiger partial charge in [-0.1, -0.05) is 12.1 Å². The predicted molar refractivity (Wildman–Crippen MR) is 142 cm³/mol. The zero-order valence-corrected chi connectivity index (χ0v) is 20.6. The largest absolute Gasteiger partial charge is 0.462 e. The third-order valence-electron chi connectivity index (χ3n) is 7.98. The van der Waals surface area contributed by atoms with Crippen LogP contribution >= 0.6 is 0 Å². The van der Waals surface area contributed by atoms with Gasteiger partial charge in [0.1, 0.15) is 12.4 Å². The van der Waals surface area contributed by atoms with Crippen LogP contribution in [0.25, 0.3) is 21.8 Å². The van der Waals surface area contributed by atoms with Crippen LogP contribution in [0.2, 0.25) is 0 Å². The Morgan fingerprint density at radius 2 is 1.89 bits per heavy atom. The number of nitrogens with zero attached hydrogens (tertiary/aromatic N) is 5. The van der Waals surface area contributed by atoms with Crippen molar-refractivity contribution in [3.63, 3.8) is 0 Å². The van der Waals surface area contributed by atoms with E-state index in [1.807, 2.05) is 18.2 Å². The minimum Gasteiger partial charge on any atom is -0.462 e. The molecule has 186 valence electrons. The number of hydrogen-bond donors (Lipinski definition) is 3. The number of fused-ring (bicyclic) bond motifs is 4. The van der Waals surface area contributed by atoms with Gasteiger partial charge in [0.2, 0.25) is 0 Å². The van der Waals surface area contributed by atoms with Gasteiger partial charge in [-0.3, -0.25) is 5.10 Å². The molecule has 3 aliphatic heterocycles. The quantitative estimate of drug-likeness (QED) is 0.382. The fourth-order valence-corrected chi connectivity index (χ4v) is 6.00. The molecule has 2 bridgehead atoms. The van der Waals surface area contributed by atoms with Gasteiger partial charge in [-0.25, -0.2) is 0 Å². The number of benzene rings is 2. The summed E-state index contributed by atoms with van der Waals surface area (Å²) in [4.78, 5) is 14.6. The molecule has 3 atom stereocenters. The van der Waals surface area contributed by atoms with Gasteiger partial charge < -0.3 is 25.2 Å². The molecule has 3 saturated heterocycles. The van der Waals surface area contributed by atoms with Crippen molar-refractivity contribution in [3.8, 4) is 6.01 Å². The topological polar surface area (TPSA) is 94.2 Å². The minimum absolute atomic E-state index is 0.420. The molecule has 0 spiro atoms. The summed E-state index contributed by atoms with van der Waals surface area (Å²) in [6.07, 6.45) is 4.83. The zero-order chi connectivity index (χ0) is 24.1. The molecule has 0 amide bonds. The molecule has 7 rings (SSSR count). The number of piperazine rings is 1. The van der Waals surface area contributed by atoms with Crippen LogP contribution in [0.5, 0.6) is 6.01 Å². The van der Waals surface area contributed by atoms with Crippen molar-refractivity contribution in [2.75, 3.05) is 43.5 Å². The average molecular weight is 485 g/mol. The van der Waals surface area contributed by atoms with Gasteiger partial charge in [-0.15, -0.1) is 0 Å². The van der Waals surface area contributed by atoms with Gasteiger partial charge >= 0.3 is 6.01 Å². The number of aromatic nitrogens is 4. The number of hydrogen-bond acceptors (Lipinski definition) is 8. The summed E-state index contributed by atoms with van der Waals surface area (Å²) in [5.74, 6) is 1.78. The van der Waals surface area contributed by atoms with E-state index in [1.165, 1.54) is 19.3 Å². The molecular weight excluding hydrogens is 452 g/mol. The molecule has 3 fully saturated rings. The maximum atomic E-state index is 6.23. The molecule has 3 aliphatic rings. The first-order chi connectivity index (χ1) is 17.7. The summed E-state index contributed by atoms with van der Waals surface area (Å²) < 4.78 is 6.23. The van der Waals surface area contributed by atoms with Crippen LogP contribution in [-0.4, -0.2) is 76.5 Å². The molecule has 0 saturated carbocycles. The fraction of sp³-hybridized carbons (Fsp3) is 0.444. The summed E-state index contributed by atoms with van der Waals surface area (Å²) in [5, 5.41) is 16.9. The second-order valence-electron chi connectivity index (χ2n) is 10.4. The lowest BCUT2D eigenvalue weighted by Crippen LogP contribution is -2.51. The lowest BCUT2D eigenvalue weighted by Gasteiger charge is -2.34. The lowest BCUT2D eigenvalue weighted by atomic mass is 10.1. The van der Waals surface area contributed by atoms with E-state index in [-0.39, 0.29) is 0 Å². The Kier molecular flexibility index (Phi) is 5.40. The lowest BCUT2D eigenvalue weighted by molar-refractivity contribution is 0.188. The van der Waals surface area contributed by atoms with Gasteiger partial charge in [0.05, 0.1) is 11.0 Å². The van der Waals surface area contributed by atoms with Crippen molar-refractivity contribution >= 4 is 39.1 Å². The summed E-state index contributed by atoms with van der Waals surface area (Å²) in [5.41, 5.74) is 2.82. The Labute approximate surface area is 210 Å². The van der Waals surface area contributed by atoms with Crippen LogP contribution in [0.3, 0.4) is 0 Å². The van der Waals surface area contributed by atoms with E-state index in [9.17, 15) is 0 Å². The smallest absolute Gasteiger partial charge is 0.319 e. The summed E-state index contributed by atoms with van der Waals surface area (Å²) >= 11 is 0. The van der Waals surface area contributed by atoms with E-state index in [2.05, 4.69) is 61.9 Å². The third-order valence-corrected chi connectivity index (χ3v) is 7.98. The number of aromatic amines is 1. The Bertz CT molecular complexity index is 1390. The normalized spacial score (nSPS) is 24.1. The Morgan fingerprint density at radius 3 is 2.72 bits per heavy atom. The molecule has 9 nitrogen and oxygen atoms in total. The number of likely N-dealkylation sites (tertiary alicyclic amines) is 1. The maximum absolute atomic E-state index is 6.23. The molecule has 36 heavy (non-hydrogen) atoms. The fourth-order valence-electron chi connectivity index (χ4n) is 6.00. The molecule has 2 aromatic carbocycles. The summed E-state index contributed by atoms with van der Waals surface area (Å²) in [6, 6.07) is 16.3. The van der Waals surface area contributed by atoms with Gasteiger partial charge in [0, 0.05) is 47.7 Å². The number of H-pyrrole nitrogens is 1. The van der Waals surface area contributed by atoms with Gasteiger partial charge in [0.15, 0.2) is 5.82 Å². The van der Waals surface area contributed by atoms with Gasteiger partial charge in [-0.2, -0.15) is 15.1 Å². The monoisotopic (exact) mass is 484 g/mol. The van der Waals surface area contributed by atoms with Crippen molar-refractivity contribution in [1.29, 1.82) is 0 Å². The van der Waals surface area contributed by atoms with Crippen molar-refractivity contribution < 1.29 is 4.74 Å². The van der Waals surface area contributed by atoms with Gasteiger partial charge in [0.25, 0.3) is 0 Å². The highest BCUT2D eigenvalue weighted by Gasteiger charge is 2.33. The molecule has 4 aromatic rings. The van der Waals surface area contributed by atoms with Crippen molar-refractivity contribution in [2.24, 2.45) is 0 Å². The third kappa shape index (κ3) is 4.02. The number of ether oxygens (including phenoxy) is 1. The Balaban J connectivity index is 1.23. The Hall–Kier alpha value is -3.43. The second-order valence-corrected chi connectivity index (χ2v) is 10.4. The van der Waals surface area contributed by atoms with Gasteiger partial charge in [-0.05, 0) is 69.6 Å². The first kappa shape index (κ1) is 21.8. The highest BCUT2D eigenvalue weighted by Crippen LogP contribution is 2.33. The highest BCUT2D eigenvalue weighted by atomic mass is 16.5.